The summed E-state index contributed by atoms with van der Waals surface area (Å²) in [5.41, 5.74) is 1.05. The van der Waals surface area contributed by atoms with Crippen LogP contribution in [0, 0.1) is 4.77 Å². The van der Waals surface area contributed by atoms with Crippen LogP contribution in [0.1, 0.15) is 32.1 Å². The van der Waals surface area contributed by atoms with Crippen LogP contribution in [0.2, 0.25) is 5.02 Å². The Morgan fingerprint density at radius 3 is 2.62 bits per heavy atom. The molecule has 0 aliphatic carbocycles. The molecule has 7 heteroatoms. The van der Waals surface area contributed by atoms with Crippen LogP contribution in [0.4, 0.5) is 0 Å². The Labute approximate surface area is 164 Å². The van der Waals surface area contributed by atoms with Crippen LogP contribution >= 0.6 is 23.8 Å². The zero-order valence-corrected chi connectivity index (χ0v) is 16.6. The van der Waals surface area contributed by atoms with Crippen LogP contribution in [-0.2, 0) is 18.0 Å². The Morgan fingerprint density at radius 1 is 1.15 bits per heavy atom. The normalized spacial score (nSPS) is 21.3. The standard InChI is InChI=1S/C19H25ClN4OS/c20-16-8-6-15(7-9-16)18-21-24(14-22-10-2-1-3-11-22)19(26)23(18)13-17-5-4-12-25-17/h6-9,17H,1-5,10-14H2/p+1/t17-/m1/s1. The summed E-state index contributed by atoms with van der Waals surface area (Å²) < 4.78 is 10.8. The van der Waals surface area contributed by atoms with Crippen LogP contribution in [-0.4, -0.2) is 40.1 Å². The van der Waals surface area contributed by atoms with Gasteiger partial charge in [-0.05, 0) is 68.6 Å². The highest BCUT2D eigenvalue weighted by Gasteiger charge is 2.22. The fraction of sp³-hybridized carbons (Fsp3) is 0.579. The minimum atomic E-state index is 0.229. The molecular formula is C19H26ClN4OS+. The summed E-state index contributed by atoms with van der Waals surface area (Å²) in [4.78, 5) is 1.57. The molecule has 0 amide bonds. The van der Waals surface area contributed by atoms with Crippen molar-refractivity contribution in [1.82, 2.24) is 14.3 Å². The largest absolute Gasteiger partial charge is 0.376 e. The number of quaternary nitrogens is 1. The molecule has 2 aliphatic heterocycles. The van der Waals surface area contributed by atoms with Gasteiger partial charge in [-0.1, -0.05) is 11.6 Å². The second-order valence-corrected chi connectivity index (χ2v) is 8.13. The summed E-state index contributed by atoms with van der Waals surface area (Å²) in [5, 5.41) is 5.63. The van der Waals surface area contributed by atoms with E-state index in [1.54, 1.807) is 4.90 Å². The number of aromatic nitrogens is 3. The molecule has 0 spiro atoms. The van der Waals surface area contributed by atoms with Crippen molar-refractivity contribution in [2.75, 3.05) is 19.7 Å². The Bertz CT molecular complexity index is 789. The summed E-state index contributed by atoms with van der Waals surface area (Å²) in [6, 6.07) is 7.85. The van der Waals surface area contributed by atoms with E-state index in [-0.39, 0.29) is 6.10 Å². The number of benzene rings is 1. The van der Waals surface area contributed by atoms with E-state index in [1.165, 1.54) is 32.4 Å². The predicted molar refractivity (Wildman–Crippen MR) is 105 cm³/mol. The third-order valence-corrected chi connectivity index (χ3v) is 6.05. The lowest BCUT2D eigenvalue weighted by Gasteiger charge is -2.22. The first-order valence-corrected chi connectivity index (χ1v) is 10.4. The maximum atomic E-state index is 6.07. The number of nitrogens with zero attached hydrogens (tertiary/aromatic N) is 3. The number of piperidine rings is 1. The average Bonchev–Trinajstić information content (AvgIpc) is 3.27. The molecule has 1 aromatic heterocycles. The lowest BCUT2D eigenvalue weighted by Crippen LogP contribution is -3.12. The van der Waals surface area contributed by atoms with Gasteiger partial charge in [0.15, 0.2) is 12.5 Å². The van der Waals surface area contributed by atoms with E-state index in [0.717, 1.165) is 53.8 Å². The average molecular weight is 394 g/mol. The Balaban J connectivity index is 1.66. The predicted octanol–water partition coefficient (Wildman–Crippen LogP) is 2.94. The Morgan fingerprint density at radius 2 is 1.92 bits per heavy atom. The van der Waals surface area contributed by atoms with E-state index in [0.29, 0.717) is 0 Å². The molecule has 2 aliphatic rings. The van der Waals surface area contributed by atoms with Crippen molar-refractivity contribution in [3.8, 4) is 11.4 Å². The zero-order chi connectivity index (χ0) is 17.9. The Kier molecular flexibility index (Phi) is 5.74. The number of likely N-dealkylation sites (tertiary alicyclic amines) is 1. The fourth-order valence-electron chi connectivity index (χ4n) is 3.93. The van der Waals surface area contributed by atoms with Crippen molar-refractivity contribution in [2.45, 2.75) is 51.4 Å². The minimum Gasteiger partial charge on any atom is -0.376 e. The molecular weight excluding hydrogens is 368 g/mol. The van der Waals surface area contributed by atoms with Crippen molar-refractivity contribution in [1.29, 1.82) is 0 Å². The van der Waals surface area contributed by atoms with Crippen LogP contribution in [0.5, 0.6) is 0 Å². The molecule has 3 heterocycles. The molecule has 1 aromatic carbocycles. The molecule has 140 valence electrons. The summed E-state index contributed by atoms with van der Waals surface area (Å²) in [6.45, 7) is 4.87. The third kappa shape index (κ3) is 4.03. The second-order valence-electron chi connectivity index (χ2n) is 7.33. The van der Waals surface area contributed by atoms with Crippen molar-refractivity contribution >= 4 is 23.8 Å². The van der Waals surface area contributed by atoms with Gasteiger partial charge in [0, 0.05) is 17.2 Å². The molecule has 0 bridgehead atoms. The van der Waals surface area contributed by atoms with Gasteiger partial charge in [0.1, 0.15) is 0 Å². The van der Waals surface area contributed by atoms with Gasteiger partial charge in [0.2, 0.25) is 4.77 Å². The molecule has 4 rings (SSSR count). The van der Waals surface area contributed by atoms with Crippen LogP contribution in [0.3, 0.4) is 0 Å². The lowest BCUT2D eigenvalue weighted by molar-refractivity contribution is -0.928. The minimum absolute atomic E-state index is 0.229. The first-order valence-electron chi connectivity index (χ1n) is 9.59. The van der Waals surface area contributed by atoms with Crippen molar-refractivity contribution in [3.05, 3.63) is 34.1 Å². The molecule has 26 heavy (non-hydrogen) atoms. The smallest absolute Gasteiger partial charge is 0.203 e. The van der Waals surface area contributed by atoms with Gasteiger partial charge in [-0.3, -0.25) is 4.57 Å². The van der Waals surface area contributed by atoms with E-state index < -0.39 is 0 Å². The van der Waals surface area contributed by atoms with Crippen molar-refractivity contribution < 1.29 is 9.64 Å². The van der Waals surface area contributed by atoms with Crippen LogP contribution < -0.4 is 4.90 Å². The van der Waals surface area contributed by atoms with E-state index >= 15 is 0 Å². The second kappa shape index (κ2) is 8.21. The van der Waals surface area contributed by atoms with Gasteiger partial charge >= 0.3 is 0 Å². The van der Waals surface area contributed by atoms with Gasteiger partial charge in [-0.15, -0.1) is 5.10 Å². The zero-order valence-electron chi connectivity index (χ0n) is 15.0. The van der Waals surface area contributed by atoms with E-state index in [4.69, 9.17) is 33.7 Å². The first-order chi connectivity index (χ1) is 12.7. The summed E-state index contributed by atoms with van der Waals surface area (Å²) >= 11 is 11.9. The van der Waals surface area contributed by atoms with Crippen molar-refractivity contribution in [3.63, 3.8) is 0 Å². The van der Waals surface area contributed by atoms with E-state index in [2.05, 4.69) is 4.57 Å². The first kappa shape index (κ1) is 18.2. The maximum absolute atomic E-state index is 6.07. The third-order valence-electron chi connectivity index (χ3n) is 5.37. The molecule has 1 atom stereocenters. The maximum Gasteiger partial charge on any atom is 0.203 e. The van der Waals surface area contributed by atoms with Gasteiger partial charge in [-0.25, -0.2) is 0 Å². The van der Waals surface area contributed by atoms with Gasteiger partial charge in [0.25, 0.3) is 0 Å². The SMILES string of the molecule is S=c1n(C[NH+]2CCCCC2)nc(-c2ccc(Cl)cc2)n1C[C@H]1CCCO1. The highest BCUT2D eigenvalue weighted by atomic mass is 35.5. The summed E-state index contributed by atoms with van der Waals surface area (Å²) in [5.74, 6) is 0.915. The topological polar surface area (TPSA) is 36.4 Å². The van der Waals surface area contributed by atoms with Gasteiger partial charge < -0.3 is 9.64 Å². The quantitative estimate of drug-likeness (QED) is 0.793. The lowest BCUT2D eigenvalue weighted by atomic mass is 10.1. The summed E-state index contributed by atoms with van der Waals surface area (Å²) in [6.07, 6.45) is 6.38. The molecule has 2 aromatic rings. The Hall–Kier alpha value is -1.21. The number of hydrogen-bond donors (Lipinski definition) is 1. The van der Waals surface area contributed by atoms with Crippen LogP contribution in [0.25, 0.3) is 11.4 Å². The fourth-order valence-corrected chi connectivity index (χ4v) is 4.33. The monoisotopic (exact) mass is 393 g/mol. The van der Waals surface area contributed by atoms with Crippen molar-refractivity contribution in [2.24, 2.45) is 0 Å². The van der Waals surface area contributed by atoms with E-state index in [9.17, 15) is 0 Å². The number of rotatable bonds is 5. The van der Waals surface area contributed by atoms with E-state index in [1.807, 2.05) is 28.9 Å². The molecule has 0 saturated carbocycles. The van der Waals surface area contributed by atoms with Gasteiger partial charge in [-0.2, -0.15) is 4.68 Å². The van der Waals surface area contributed by atoms with Gasteiger partial charge in [0.05, 0.1) is 25.7 Å². The number of ether oxygens (including phenoxy) is 1. The number of nitrogens with one attached hydrogen (secondary N) is 1. The highest BCUT2D eigenvalue weighted by Crippen LogP contribution is 2.23. The molecule has 2 saturated heterocycles. The van der Waals surface area contributed by atoms with Crippen LogP contribution in [0.15, 0.2) is 24.3 Å². The highest BCUT2D eigenvalue weighted by molar-refractivity contribution is 7.71. The molecule has 5 nitrogen and oxygen atoms in total. The number of hydrogen-bond acceptors (Lipinski definition) is 3. The molecule has 2 fully saturated rings. The number of halogens is 1. The summed E-state index contributed by atoms with van der Waals surface area (Å²) in [7, 11) is 0. The molecule has 0 radical (unpaired) electrons. The molecule has 0 unspecified atom stereocenters. The molecule has 1 N–H and O–H groups in total.